The van der Waals surface area contributed by atoms with Gasteiger partial charge in [0.15, 0.2) is 6.61 Å². The second-order valence-electron chi connectivity index (χ2n) is 5.94. The number of fused-ring (bicyclic) bond motifs is 1. The molecule has 1 aliphatic carbocycles. The molecule has 0 spiro atoms. The third-order valence-corrected chi connectivity index (χ3v) is 4.00. The van der Waals surface area contributed by atoms with Crippen LogP contribution in [-0.2, 0) is 0 Å². The number of ether oxygens (including phenoxy) is 1. The standard InChI is InChI=1S/C16H18F3N3O2/c17-16(18,19)9-24-13-3-1-2-10-8-20-15(22-14(10)13)21-11-4-6-12(23)7-5-11/h1-3,8,11-12,23H,4-7,9H2,(H,20,21,22)/t11-,12-. The van der Waals surface area contributed by atoms with Crippen LogP contribution in [0.2, 0.25) is 0 Å². The lowest BCUT2D eigenvalue weighted by atomic mass is 9.93. The van der Waals surface area contributed by atoms with Crippen molar-refractivity contribution in [2.24, 2.45) is 0 Å². The Morgan fingerprint density at radius 2 is 1.96 bits per heavy atom. The molecular formula is C16H18F3N3O2. The Balaban J connectivity index is 1.78. The highest BCUT2D eigenvalue weighted by Gasteiger charge is 2.29. The van der Waals surface area contributed by atoms with Gasteiger partial charge < -0.3 is 15.2 Å². The third kappa shape index (κ3) is 4.25. The molecule has 2 aromatic rings. The Bertz CT molecular complexity index is 701. The SMILES string of the molecule is O[C@H]1CC[C@H](Nc2ncc3cccc(OCC(F)(F)F)c3n2)CC1. The average Bonchev–Trinajstić information content (AvgIpc) is 2.54. The summed E-state index contributed by atoms with van der Waals surface area (Å²) in [4.78, 5) is 8.52. The van der Waals surface area contributed by atoms with Gasteiger partial charge in [0.05, 0.1) is 6.10 Å². The van der Waals surface area contributed by atoms with Gasteiger partial charge in [-0.25, -0.2) is 9.97 Å². The van der Waals surface area contributed by atoms with E-state index in [1.807, 2.05) is 0 Å². The molecule has 0 aliphatic heterocycles. The zero-order valence-corrected chi connectivity index (χ0v) is 12.9. The summed E-state index contributed by atoms with van der Waals surface area (Å²) in [5.74, 6) is 0.432. The van der Waals surface area contributed by atoms with Crippen molar-refractivity contribution in [1.82, 2.24) is 9.97 Å². The van der Waals surface area contributed by atoms with E-state index in [4.69, 9.17) is 4.74 Å². The summed E-state index contributed by atoms with van der Waals surface area (Å²) in [6.45, 7) is -1.36. The van der Waals surface area contributed by atoms with Gasteiger partial charge in [0.2, 0.25) is 5.95 Å². The lowest BCUT2D eigenvalue weighted by Gasteiger charge is -2.26. The number of nitrogens with one attached hydrogen (secondary N) is 1. The fraction of sp³-hybridized carbons (Fsp3) is 0.500. The van der Waals surface area contributed by atoms with Gasteiger partial charge in [-0.05, 0) is 31.7 Å². The molecule has 0 unspecified atom stereocenters. The van der Waals surface area contributed by atoms with Crippen molar-refractivity contribution in [3.05, 3.63) is 24.4 Å². The number of alkyl halides is 3. The van der Waals surface area contributed by atoms with Gasteiger partial charge in [0.25, 0.3) is 0 Å². The van der Waals surface area contributed by atoms with Crippen LogP contribution in [0.3, 0.4) is 0 Å². The van der Waals surface area contributed by atoms with Crippen LogP contribution >= 0.6 is 0 Å². The highest BCUT2D eigenvalue weighted by atomic mass is 19.4. The molecule has 1 heterocycles. The van der Waals surface area contributed by atoms with E-state index in [9.17, 15) is 18.3 Å². The first-order valence-corrected chi connectivity index (χ1v) is 7.80. The van der Waals surface area contributed by atoms with Gasteiger partial charge in [0, 0.05) is 17.6 Å². The maximum absolute atomic E-state index is 12.4. The van der Waals surface area contributed by atoms with Crippen molar-refractivity contribution in [3.8, 4) is 5.75 Å². The molecule has 1 saturated carbocycles. The highest BCUT2D eigenvalue weighted by Crippen LogP contribution is 2.27. The average molecular weight is 341 g/mol. The van der Waals surface area contributed by atoms with Gasteiger partial charge in [-0.3, -0.25) is 0 Å². The van der Waals surface area contributed by atoms with E-state index in [0.717, 1.165) is 12.8 Å². The summed E-state index contributed by atoms with van der Waals surface area (Å²) in [5, 5.41) is 13.3. The normalized spacial score (nSPS) is 21.7. The molecule has 3 rings (SSSR count). The molecule has 2 N–H and O–H groups in total. The second kappa shape index (κ2) is 6.80. The lowest BCUT2D eigenvalue weighted by Crippen LogP contribution is -2.28. The molecular weight excluding hydrogens is 323 g/mol. The molecule has 1 aromatic heterocycles. The van der Waals surface area contributed by atoms with E-state index in [1.165, 1.54) is 6.07 Å². The zero-order chi connectivity index (χ0) is 17.2. The van der Waals surface area contributed by atoms with Crippen LogP contribution in [0.5, 0.6) is 5.75 Å². The Hall–Kier alpha value is -2.09. The number of anilines is 1. The van der Waals surface area contributed by atoms with E-state index in [-0.39, 0.29) is 17.9 Å². The topological polar surface area (TPSA) is 67.3 Å². The monoisotopic (exact) mass is 341 g/mol. The summed E-state index contributed by atoms with van der Waals surface area (Å²) in [7, 11) is 0. The maximum atomic E-state index is 12.4. The van der Waals surface area contributed by atoms with E-state index in [1.54, 1.807) is 18.3 Å². The summed E-state index contributed by atoms with van der Waals surface area (Å²) in [6, 6.07) is 4.93. The molecule has 0 atom stereocenters. The molecule has 5 nitrogen and oxygen atoms in total. The largest absolute Gasteiger partial charge is 0.482 e. The minimum absolute atomic E-state index is 0.0781. The highest BCUT2D eigenvalue weighted by molar-refractivity contribution is 5.84. The van der Waals surface area contributed by atoms with Crippen LogP contribution in [0, 0.1) is 0 Å². The van der Waals surface area contributed by atoms with Gasteiger partial charge in [-0.15, -0.1) is 0 Å². The summed E-state index contributed by atoms with van der Waals surface area (Å²) < 4.78 is 42.0. The molecule has 24 heavy (non-hydrogen) atoms. The first-order valence-electron chi connectivity index (χ1n) is 7.80. The number of para-hydroxylation sites is 1. The molecule has 8 heteroatoms. The summed E-state index contributed by atoms with van der Waals surface area (Å²) >= 11 is 0. The van der Waals surface area contributed by atoms with Crippen molar-refractivity contribution in [1.29, 1.82) is 0 Å². The number of aliphatic hydroxyl groups excluding tert-OH is 1. The molecule has 1 aromatic carbocycles. The first-order chi connectivity index (χ1) is 11.4. The Morgan fingerprint density at radius 3 is 2.67 bits per heavy atom. The smallest absolute Gasteiger partial charge is 0.422 e. The first kappa shape index (κ1) is 16.8. The van der Waals surface area contributed by atoms with E-state index >= 15 is 0 Å². The number of halogens is 3. The molecule has 130 valence electrons. The Kier molecular flexibility index (Phi) is 4.75. The number of rotatable bonds is 4. The van der Waals surface area contributed by atoms with Crippen LogP contribution in [-0.4, -0.2) is 40.0 Å². The Labute approximate surface area is 136 Å². The van der Waals surface area contributed by atoms with Gasteiger partial charge in [-0.2, -0.15) is 13.2 Å². The molecule has 0 bridgehead atoms. The minimum atomic E-state index is -4.40. The van der Waals surface area contributed by atoms with Crippen molar-refractivity contribution >= 4 is 16.9 Å². The fourth-order valence-electron chi connectivity index (χ4n) is 2.78. The molecule has 0 radical (unpaired) electrons. The quantitative estimate of drug-likeness (QED) is 0.893. The van der Waals surface area contributed by atoms with Crippen LogP contribution in [0.1, 0.15) is 25.7 Å². The van der Waals surface area contributed by atoms with Crippen molar-refractivity contribution in [2.75, 3.05) is 11.9 Å². The van der Waals surface area contributed by atoms with Crippen molar-refractivity contribution in [2.45, 2.75) is 44.0 Å². The van der Waals surface area contributed by atoms with Crippen LogP contribution in [0.15, 0.2) is 24.4 Å². The van der Waals surface area contributed by atoms with E-state index < -0.39 is 12.8 Å². The summed E-state index contributed by atoms with van der Waals surface area (Å²) in [6.07, 6.45) is -0.0787. The number of aliphatic hydroxyl groups is 1. The van der Waals surface area contributed by atoms with Crippen LogP contribution in [0.25, 0.3) is 10.9 Å². The van der Waals surface area contributed by atoms with Gasteiger partial charge in [0.1, 0.15) is 11.3 Å². The van der Waals surface area contributed by atoms with Crippen LogP contribution < -0.4 is 10.1 Å². The molecule has 1 aliphatic rings. The van der Waals surface area contributed by atoms with Crippen molar-refractivity contribution < 1.29 is 23.0 Å². The number of aromatic nitrogens is 2. The molecule has 1 fully saturated rings. The maximum Gasteiger partial charge on any atom is 0.422 e. The molecule has 0 saturated heterocycles. The van der Waals surface area contributed by atoms with Crippen molar-refractivity contribution in [3.63, 3.8) is 0 Å². The van der Waals surface area contributed by atoms with E-state index in [2.05, 4.69) is 15.3 Å². The number of benzene rings is 1. The number of nitrogens with zero attached hydrogens (tertiary/aromatic N) is 2. The number of hydrogen-bond acceptors (Lipinski definition) is 5. The summed E-state index contributed by atoms with van der Waals surface area (Å²) in [5.41, 5.74) is 0.343. The molecule has 0 amide bonds. The minimum Gasteiger partial charge on any atom is -0.482 e. The predicted molar refractivity (Wildman–Crippen MR) is 83.0 cm³/mol. The zero-order valence-electron chi connectivity index (χ0n) is 12.9. The predicted octanol–water partition coefficient (Wildman–Crippen LogP) is 3.29. The van der Waals surface area contributed by atoms with E-state index in [0.29, 0.717) is 29.7 Å². The third-order valence-electron chi connectivity index (χ3n) is 4.00. The fourth-order valence-corrected chi connectivity index (χ4v) is 2.78. The second-order valence-corrected chi connectivity index (χ2v) is 5.94. The van der Waals surface area contributed by atoms with Gasteiger partial charge >= 0.3 is 6.18 Å². The number of hydrogen-bond donors (Lipinski definition) is 2. The van der Waals surface area contributed by atoms with Gasteiger partial charge in [-0.1, -0.05) is 12.1 Å². The lowest BCUT2D eigenvalue weighted by molar-refractivity contribution is -0.153. The Morgan fingerprint density at radius 1 is 1.21 bits per heavy atom. The van der Waals surface area contributed by atoms with Crippen LogP contribution in [0.4, 0.5) is 19.1 Å².